The summed E-state index contributed by atoms with van der Waals surface area (Å²) in [6, 6.07) is 8.34. The predicted molar refractivity (Wildman–Crippen MR) is 121 cm³/mol. The zero-order valence-corrected chi connectivity index (χ0v) is 18.5. The number of rotatable bonds is 6. The first-order chi connectivity index (χ1) is 14.5. The van der Waals surface area contributed by atoms with Crippen LogP contribution in [0.15, 0.2) is 36.7 Å². The smallest absolute Gasteiger partial charge is 0.133 e. The van der Waals surface area contributed by atoms with E-state index in [1.807, 2.05) is 18.5 Å². The molecule has 0 amide bonds. The number of piperidine rings is 1. The van der Waals surface area contributed by atoms with Gasteiger partial charge in [-0.1, -0.05) is 6.07 Å². The van der Waals surface area contributed by atoms with Crippen LogP contribution in [0.5, 0.6) is 0 Å². The van der Waals surface area contributed by atoms with Gasteiger partial charge in [-0.3, -0.25) is 14.6 Å². The number of likely N-dealkylation sites (tertiary alicyclic amines) is 1. The van der Waals surface area contributed by atoms with Gasteiger partial charge in [0.15, 0.2) is 0 Å². The fraction of sp³-hybridized carbons (Fsp3) is 0.458. The van der Waals surface area contributed by atoms with Crippen molar-refractivity contribution in [1.82, 2.24) is 24.6 Å². The molecule has 0 aromatic carbocycles. The van der Waals surface area contributed by atoms with E-state index in [4.69, 9.17) is 4.98 Å². The van der Waals surface area contributed by atoms with E-state index in [-0.39, 0.29) is 0 Å². The molecule has 3 aromatic rings. The average molecular weight is 405 g/mol. The lowest BCUT2D eigenvalue weighted by atomic mass is 9.93. The Labute approximate surface area is 179 Å². The van der Waals surface area contributed by atoms with Crippen LogP contribution in [0.3, 0.4) is 0 Å². The van der Waals surface area contributed by atoms with Crippen molar-refractivity contribution in [3.05, 3.63) is 64.9 Å². The third-order valence-corrected chi connectivity index (χ3v) is 6.07. The van der Waals surface area contributed by atoms with Gasteiger partial charge in [-0.05, 0) is 70.8 Å². The Morgan fingerprint density at radius 1 is 1.20 bits per heavy atom. The van der Waals surface area contributed by atoms with Crippen molar-refractivity contribution in [2.45, 2.75) is 59.5 Å². The van der Waals surface area contributed by atoms with Gasteiger partial charge < -0.3 is 5.32 Å². The minimum Gasteiger partial charge on any atom is -0.340 e. The summed E-state index contributed by atoms with van der Waals surface area (Å²) in [6.45, 7) is 12.5. The molecule has 1 saturated heterocycles. The molecular formula is C24H32N6. The molecule has 30 heavy (non-hydrogen) atoms. The number of anilines is 2. The van der Waals surface area contributed by atoms with Gasteiger partial charge in [0.2, 0.25) is 0 Å². The van der Waals surface area contributed by atoms with E-state index in [0.717, 1.165) is 48.9 Å². The molecule has 0 bridgehead atoms. The summed E-state index contributed by atoms with van der Waals surface area (Å²) in [6.07, 6.45) is 6.24. The summed E-state index contributed by atoms with van der Waals surface area (Å²) in [7, 11) is 0. The fourth-order valence-electron chi connectivity index (χ4n) is 4.37. The summed E-state index contributed by atoms with van der Waals surface area (Å²) >= 11 is 0. The zero-order chi connectivity index (χ0) is 21.1. The number of pyridine rings is 2. The predicted octanol–water partition coefficient (Wildman–Crippen LogP) is 4.74. The molecule has 0 saturated carbocycles. The average Bonchev–Trinajstić information content (AvgIpc) is 3.09. The second-order valence-electron chi connectivity index (χ2n) is 8.36. The van der Waals surface area contributed by atoms with Gasteiger partial charge in [0.1, 0.15) is 5.82 Å². The minimum absolute atomic E-state index is 0.450. The van der Waals surface area contributed by atoms with Crippen molar-refractivity contribution in [3.8, 4) is 0 Å². The Morgan fingerprint density at radius 2 is 2.07 bits per heavy atom. The maximum Gasteiger partial charge on any atom is 0.133 e. The van der Waals surface area contributed by atoms with Crippen LogP contribution in [0.25, 0.3) is 0 Å². The molecule has 4 heterocycles. The second kappa shape index (κ2) is 8.96. The van der Waals surface area contributed by atoms with Crippen LogP contribution >= 0.6 is 0 Å². The number of hydrogen-bond donors (Lipinski definition) is 1. The molecule has 1 fully saturated rings. The molecule has 1 aliphatic rings. The number of aromatic nitrogens is 4. The zero-order valence-electron chi connectivity index (χ0n) is 18.5. The quantitative estimate of drug-likeness (QED) is 0.643. The standard InChI is InChI=1S/C24H32N6/c1-5-30-19(4)21(14-26-30)16-29-11-7-9-20(15-29)23-13-22(12-18(3)27-23)28-24-17(2)8-6-10-25-24/h6,8,10,12-14,20H,5,7,9,11,15-16H2,1-4H3,(H,25,27,28)/t20-/m0/s1. The highest BCUT2D eigenvalue weighted by Gasteiger charge is 2.24. The fourth-order valence-corrected chi connectivity index (χ4v) is 4.37. The Hall–Kier alpha value is -2.73. The van der Waals surface area contributed by atoms with Crippen molar-refractivity contribution < 1.29 is 0 Å². The lowest BCUT2D eigenvalue weighted by Crippen LogP contribution is -2.34. The first kappa shape index (κ1) is 20.5. The lowest BCUT2D eigenvalue weighted by molar-refractivity contribution is 0.198. The molecule has 0 spiro atoms. The highest BCUT2D eigenvalue weighted by atomic mass is 15.3. The molecule has 1 atom stereocenters. The normalized spacial score (nSPS) is 17.3. The monoisotopic (exact) mass is 404 g/mol. The van der Waals surface area contributed by atoms with Crippen LogP contribution in [-0.4, -0.2) is 37.7 Å². The molecule has 3 aromatic heterocycles. The Bertz CT molecular complexity index is 1010. The van der Waals surface area contributed by atoms with E-state index < -0.39 is 0 Å². The Morgan fingerprint density at radius 3 is 2.83 bits per heavy atom. The van der Waals surface area contributed by atoms with Crippen molar-refractivity contribution in [2.24, 2.45) is 0 Å². The van der Waals surface area contributed by atoms with Gasteiger partial charge in [-0.2, -0.15) is 5.10 Å². The van der Waals surface area contributed by atoms with Gasteiger partial charge >= 0.3 is 0 Å². The van der Waals surface area contributed by atoms with E-state index in [2.05, 4.69) is 70.9 Å². The van der Waals surface area contributed by atoms with E-state index in [1.54, 1.807) is 0 Å². The number of aryl methyl sites for hydroxylation is 3. The first-order valence-corrected chi connectivity index (χ1v) is 10.9. The third kappa shape index (κ3) is 4.54. The molecule has 0 aliphatic carbocycles. The van der Waals surface area contributed by atoms with E-state index in [1.165, 1.54) is 29.8 Å². The van der Waals surface area contributed by atoms with Crippen LogP contribution in [-0.2, 0) is 13.1 Å². The Balaban J connectivity index is 1.49. The SMILES string of the molecule is CCn1ncc(CN2CCC[C@H](c3cc(Nc4ncccc4C)cc(C)n3)C2)c1C. The largest absolute Gasteiger partial charge is 0.340 e. The second-order valence-corrected chi connectivity index (χ2v) is 8.36. The van der Waals surface area contributed by atoms with E-state index in [0.29, 0.717) is 5.92 Å². The molecule has 158 valence electrons. The highest BCUT2D eigenvalue weighted by molar-refractivity contribution is 5.59. The summed E-state index contributed by atoms with van der Waals surface area (Å²) in [5, 5.41) is 7.99. The van der Waals surface area contributed by atoms with Crippen LogP contribution in [0.2, 0.25) is 0 Å². The Kier molecular flexibility index (Phi) is 6.13. The van der Waals surface area contributed by atoms with Gasteiger partial charge in [0, 0.05) is 60.1 Å². The lowest BCUT2D eigenvalue weighted by Gasteiger charge is -2.32. The van der Waals surface area contributed by atoms with Crippen LogP contribution in [0, 0.1) is 20.8 Å². The molecule has 6 heteroatoms. The number of nitrogens with zero attached hydrogens (tertiary/aromatic N) is 5. The summed E-state index contributed by atoms with van der Waals surface area (Å²) in [5.74, 6) is 1.35. The summed E-state index contributed by atoms with van der Waals surface area (Å²) < 4.78 is 2.08. The molecule has 4 rings (SSSR count). The topological polar surface area (TPSA) is 58.9 Å². The maximum atomic E-state index is 4.89. The van der Waals surface area contributed by atoms with Gasteiger partial charge in [0.05, 0.1) is 6.20 Å². The number of hydrogen-bond acceptors (Lipinski definition) is 5. The van der Waals surface area contributed by atoms with Crippen LogP contribution in [0.1, 0.15) is 53.9 Å². The third-order valence-electron chi connectivity index (χ3n) is 6.07. The van der Waals surface area contributed by atoms with Gasteiger partial charge in [-0.25, -0.2) is 4.98 Å². The van der Waals surface area contributed by atoms with E-state index >= 15 is 0 Å². The van der Waals surface area contributed by atoms with E-state index in [9.17, 15) is 0 Å². The van der Waals surface area contributed by atoms with Gasteiger partial charge in [0.25, 0.3) is 0 Å². The molecule has 6 nitrogen and oxygen atoms in total. The summed E-state index contributed by atoms with van der Waals surface area (Å²) in [5.41, 5.74) is 7.04. The van der Waals surface area contributed by atoms with Crippen molar-refractivity contribution in [1.29, 1.82) is 0 Å². The van der Waals surface area contributed by atoms with Crippen molar-refractivity contribution in [2.75, 3.05) is 18.4 Å². The van der Waals surface area contributed by atoms with Crippen molar-refractivity contribution in [3.63, 3.8) is 0 Å². The number of nitrogens with one attached hydrogen (secondary N) is 1. The van der Waals surface area contributed by atoms with Gasteiger partial charge in [-0.15, -0.1) is 0 Å². The maximum absolute atomic E-state index is 4.89. The highest BCUT2D eigenvalue weighted by Crippen LogP contribution is 2.30. The summed E-state index contributed by atoms with van der Waals surface area (Å²) in [4.78, 5) is 11.9. The molecular weight excluding hydrogens is 372 g/mol. The van der Waals surface area contributed by atoms with Crippen LogP contribution < -0.4 is 5.32 Å². The molecule has 1 aliphatic heterocycles. The molecule has 0 unspecified atom stereocenters. The minimum atomic E-state index is 0.450. The molecule has 0 radical (unpaired) electrons. The van der Waals surface area contributed by atoms with Crippen LogP contribution in [0.4, 0.5) is 11.5 Å². The molecule has 1 N–H and O–H groups in total. The first-order valence-electron chi connectivity index (χ1n) is 10.9. The van der Waals surface area contributed by atoms with Crippen molar-refractivity contribution >= 4 is 11.5 Å².